The highest BCUT2D eigenvalue weighted by Crippen LogP contribution is 2.20. The predicted molar refractivity (Wildman–Crippen MR) is 53.6 cm³/mol. The number of ether oxygens (including phenoxy) is 1. The van der Waals surface area contributed by atoms with Crippen molar-refractivity contribution in [3.05, 3.63) is 29.8 Å². The van der Waals surface area contributed by atoms with Crippen molar-refractivity contribution in [3.8, 4) is 5.75 Å². The number of alkyl halides is 2. The van der Waals surface area contributed by atoms with Gasteiger partial charge in [-0.05, 0) is 17.7 Å². The largest absolute Gasteiger partial charge is 0.480 e. The van der Waals surface area contributed by atoms with Crippen molar-refractivity contribution in [3.63, 3.8) is 0 Å². The van der Waals surface area contributed by atoms with Crippen molar-refractivity contribution in [1.29, 1.82) is 0 Å². The first-order valence-electron chi connectivity index (χ1n) is 4.63. The lowest BCUT2D eigenvalue weighted by atomic mass is 10.0. The monoisotopic (exact) mass is 247 g/mol. The smallest absolute Gasteiger partial charge is 0.387 e. The van der Waals surface area contributed by atoms with Gasteiger partial charge in [-0.15, -0.1) is 0 Å². The van der Waals surface area contributed by atoms with E-state index in [1.807, 2.05) is 0 Å². The molecule has 0 aliphatic carbocycles. The quantitative estimate of drug-likeness (QED) is 0.713. The molecule has 0 spiro atoms. The fourth-order valence-corrected chi connectivity index (χ4v) is 1.19. The molecule has 0 heterocycles. The summed E-state index contributed by atoms with van der Waals surface area (Å²) in [6.45, 7) is -2.94. The van der Waals surface area contributed by atoms with Crippen LogP contribution in [-0.2, 0) is 4.79 Å². The number of carboxylic acid groups (broad SMARTS) is 1. The van der Waals surface area contributed by atoms with E-state index >= 15 is 0 Å². The topological polar surface area (TPSA) is 92.8 Å². The zero-order valence-corrected chi connectivity index (χ0v) is 8.59. The van der Waals surface area contributed by atoms with Crippen molar-refractivity contribution in [2.45, 2.75) is 18.8 Å². The summed E-state index contributed by atoms with van der Waals surface area (Å²) < 4.78 is 27.8. The summed E-state index contributed by atoms with van der Waals surface area (Å²) in [5.74, 6) is -1.44. The SMILES string of the molecule is N[C@H](C(=O)O)[C@H](O)c1ccc(OC(F)F)cc1. The third-order valence-electron chi connectivity index (χ3n) is 2.07. The van der Waals surface area contributed by atoms with Crippen molar-refractivity contribution >= 4 is 5.97 Å². The number of rotatable bonds is 5. The van der Waals surface area contributed by atoms with Crippen LogP contribution in [0.5, 0.6) is 5.75 Å². The third kappa shape index (κ3) is 3.65. The van der Waals surface area contributed by atoms with Crippen molar-refractivity contribution in [2.24, 2.45) is 5.73 Å². The van der Waals surface area contributed by atoms with Gasteiger partial charge in [0, 0.05) is 0 Å². The summed E-state index contributed by atoms with van der Waals surface area (Å²) in [4.78, 5) is 10.5. The minimum Gasteiger partial charge on any atom is -0.480 e. The van der Waals surface area contributed by atoms with Crippen LogP contribution in [0.4, 0.5) is 8.78 Å². The molecule has 0 amide bonds. The van der Waals surface area contributed by atoms with Crippen LogP contribution >= 0.6 is 0 Å². The number of carboxylic acids is 1. The van der Waals surface area contributed by atoms with E-state index in [1.165, 1.54) is 24.3 Å². The Morgan fingerprint density at radius 1 is 1.29 bits per heavy atom. The zero-order valence-electron chi connectivity index (χ0n) is 8.59. The van der Waals surface area contributed by atoms with E-state index in [0.29, 0.717) is 0 Å². The molecule has 0 fully saturated rings. The summed E-state index contributed by atoms with van der Waals surface area (Å²) in [6.07, 6.45) is -1.41. The van der Waals surface area contributed by atoms with E-state index in [2.05, 4.69) is 4.74 Å². The van der Waals surface area contributed by atoms with Gasteiger partial charge in [-0.1, -0.05) is 12.1 Å². The number of hydrogen-bond acceptors (Lipinski definition) is 4. The molecule has 2 atom stereocenters. The van der Waals surface area contributed by atoms with Crippen LogP contribution in [0.15, 0.2) is 24.3 Å². The molecule has 0 saturated carbocycles. The molecule has 1 aromatic carbocycles. The molecular weight excluding hydrogens is 236 g/mol. The molecule has 5 nitrogen and oxygen atoms in total. The maximum absolute atomic E-state index is 11.8. The van der Waals surface area contributed by atoms with Gasteiger partial charge in [0.15, 0.2) is 0 Å². The van der Waals surface area contributed by atoms with E-state index in [9.17, 15) is 18.7 Å². The van der Waals surface area contributed by atoms with E-state index in [1.54, 1.807) is 0 Å². The van der Waals surface area contributed by atoms with Crippen LogP contribution in [0.25, 0.3) is 0 Å². The van der Waals surface area contributed by atoms with Gasteiger partial charge in [0.2, 0.25) is 0 Å². The van der Waals surface area contributed by atoms with Crippen LogP contribution in [0.2, 0.25) is 0 Å². The van der Waals surface area contributed by atoms with Crippen molar-refractivity contribution in [2.75, 3.05) is 0 Å². The zero-order chi connectivity index (χ0) is 13.0. The average molecular weight is 247 g/mol. The molecule has 0 saturated heterocycles. The summed E-state index contributed by atoms with van der Waals surface area (Å²) in [5.41, 5.74) is 5.42. The summed E-state index contributed by atoms with van der Waals surface area (Å²) >= 11 is 0. The number of nitrogens with two attached hydrogens (primary N) is 1. The van der Waals surface area contributed by atoms with Gasteiger partial charge in [-0.2, -0.15) is 8.78 Å². The Hall–Kier alpha value is -1.73. The Labute approximate surface area is 95.4 Å². The molecule has 17 heavy (non-hydrogen) atoms. The number of aliphatic carboxylic acids is 1. The molecule has 1 rings (SSSR count). The van der Waals surface area contributed by atoms with Crippen molar-refractivity contribution < 1.29 is 28.5 Å². The second-order valence-electron chi connectivity index (χ2n) is 3.26. The number of aliphatic hydroxyl groups is 1. The van der Waals surface area contributed by atoms with Gasteiger partial charge in [0.25, 0.3) is 0 Å². The molecule has 0 aliphatic rings. The first-order chi connectivity index (χ1) is 7.91. The third-order valence-corrected chi connectivity index (χ3v) is 2.07. The maximum atomic E-state index is 11.8. The highest BCUT2D eigenvalue weighted by molar-refractivity contribution is 5.74. The molecule has 0 bridgehead atoms. The van der Waals surface area contributed by atoms with Gasteiger partial charge >= 0.3 is 12.6 Å². The van der Waals surface area contributed by atoms with Crippen LogP contribution in [0.1, 0.15) is 11.7 Å². The van der Waals surface area contributed by atoms with E-state index < -0.39 is 24.7 Å². The lowest BCUT2D eigenvalue weighted by Crippen LogP contribution is -2.36. The lowest BCUT2D eigenvalue weighted by molar-refractivity contribution is -0.141. The van der Waals surface area contributed by atoms with Crippen LogP contribution < -0.4 is 10.5 Å². The van der Waals surface area contributed by atoms with Gasteiger partial charge in [-0.25, -0.2) is 0 Å². The molecular formula is C10H11F2NO4. The molecule has 4 N–H and O–H groups in total. The Balaban J connectivity index is 2.76. The van der Waals surface area contributed by atoms with Gasteiger partial charge in [-0.3, -0.25) is 4.79 Å². The lowest BCUT2D eigenvalue weighted by Gasteiger charge is -2.15. The second kappa shape index (κ2) is 5.55. The Morgan fingerprint density at radius 3 is 2.24 bits per heavy atom. The highest BCUT2D eigenvalue weighted by atomic mass is 19.3. The minimum atomic E-state index is -2.94. The minimum absolute atomic E-state index is 0.0835. The first kappa shape index (κ1) is 13.3. The van der Waals surface area contributed by atoms with Crippen LogP contribution in [-0.4, -0.2) is 28.8 Å². The van der Waals surface area contributed by atoms with Crippen LogP contribution in [0.3, 0.4) is 0 Å². The van der Waals surface area contributed by atoms with Gasteiger partial charge < -0.3 is 20.7 Å². The molecule has 1 aromatic rings. The average Bonchev–Trinajstić information content (AvgIpc) is 2.27. The van der Waals surface area contributed by atoms with Gasteiger partial charge in [0.05, 0.1) is 0 Å². The maximum Gasteiger partial charge on any atom is 0.387 e. The fourth-order valence-electron chi connectivity index (χ4n) is 1.19. The number of halogens is 2. The number of hydrogen-bond donors (Lipinski definition) is 3. The summed E-state index contributed by atoms with van der Waals surface area (Å²) in [7, 11) is 0. The number of carbonyl (C=O) groups is 1. The van der Waals surface area contributed by atoms with E-state index in [4.69, 9.17) is 10.8 Å². The Bertz CT molecular complexity index is 382. The van der Waals surface area contributed by atoms with Gasteiger partial charge in [0.1, 0.15) is 17.9 Å². The van der Waals surface area contributed by atoms with Crippen LogP contribution in [0, 0.1) is 0 Å². The Morgan fingerprint density at radius 2 is 1.82 bits per heavy atom. The molecule has 0 aliphatic heterocycles. The van der Waals surface area contributed by atoms with E-state index in [0.717, 1.165) is 0 Å². The molecule has 7 heteroatoms. The molecule has 0 aromatic heterocycles. The standard InChI is InChI=1S/C10H11F2NO4/c11-10(12)17-6-3-1-5(2-4-6)8(14)7(13)9(15)16/h1-4,7-8,10,14H,13H2,(H,15,16)/t7-,8+/m0/s1. The molecule has 0 radical (unpaired) electrons. The summed E-state index contributed by atoms with van der Waals surface area (Å²) in [6, 6.07) is 3.45. The summed E-state index contributed by atoms with van der Waals surface area (Å²) in [5, 5.41) is 18.1. The fraction of sp³-hybridized carbons (Fsp3) is 0.300. The first-order valence-corrected chi connectivity index (χ1v) is 4.63. The predicted octanol–water partition coefficient (Wildman–Crippen LogP) is 0.733. The second-order valence-corrected chi connectivity index (χ2v) is 3.26. The van der Waals surface area contributed by atoms with E-state index in [-0.39, 0.29) is 11.3 Å². The number of benzene rings is 1. The Kier molecular flexibility index (Phi) is 4.36. The van der Waals surface area contributed by atoms with Crippen molar-refractivity contribution in [1.82, 2.24) is 0 Å². The molecule has 0 unspecified atom stereocenters. The normalized spacial score (nSPS) is 14.4. The highest BCUT2D eigenvalue weighted by Gasteiger charge is 2.23. The molecule has 94 valence electrons. The number of aliphatic hydroxyl groups excluding tert-OH is 1.